The average molecular weight is 572 g/mol. The highest BCUT2D eigenvalue weighted by Crippen LogP contribution is 2.25. The Kier molecular flexibility index (Phi) is 10.1. The van der Waals surface area contributed by atoms with Gasteiger partial charge in [0.2, 0.25) is 5.91 Å². The van der Waals surface area contributed by atoms with E-state index in [-0.39, 0.29) is 18.4 Å². The number of nitrogens with zero attached hydrogens (tertiary/aromatic N) is 2. The summed E-state index contributed by atoms with van der Waals surface area (Å²) in [5.74, 6) is -0.0522. The third kappa shape index (κ3) is 7.87. The van der Waals surface area contributed by atoms with E-state index in [0.717, 1.165) is 11.1 Å². The van der Waals surface area contributed by atoms with Crippen molar-refractivity contribution >= 4 is 35.1 Å². The highest BCUT2D eigenvalue weighted by molar-refractivity contribution is 5.99. The molecule has 3 N–H and O–H groups in total. The van der Waals surface area contributed by atoms with Crippen LogP contribution in [0.5, 0.6) is 0 Å². The number of nitrogens with one attached hydrogen (secondary N) is 3. The summed E-state index contributed by atoms with van der Waals surface area (Å²) >= 11 is 0. The van der Waals surface area contributed by atoms with Gasteiger partial charge in [0.1, 0.15) is 24.5 Å². The van der Waals surface area contributed by atoms with Crippen LogP contribution in [0.25, 0.3) is 5.65 Å². The first-order chi connectivity index (χ1) is 20.2. The maximum absolute atomic E-state index is 13.4. The summed E-state index contributed by atoms with van der Waals surface area (Å²) in [6.07, 6.45) is 1.96. The number of pyridine rings is 1. The first-order valence-corrected chi connectivity index (χ1v) is 13.9. The van der Waals surface area contributed by atoms with E-state index in [4.69, 9.17) is 9.47 Å². The molecule has 0 aliphatic heterocycles. The lowest BCUT2D eigenvalue weighted by molar-refractivity contribution is -0.141. The number of imidazole rings is 1. The third-order valence-electron chi connectivity index (χ3n) is 6.69. The number of anilines is 2. The van der Waals surface area contributed by atoms with Crippen molar-refractivity contribution in [3.63, 3.8) is 0 Å². The highest BCUT2D eigenvalue weighted by Gasteiger charge is 2.26. The smallest absolute Gasteiger partial charge is 0.408 e. The molecule has 2 heterocycles. The van der Waals surface area contributed by atoms with E-state index < -0.39 is 24.1 Å². The number of hydrogen-bond donors (Lipinski definition) is 3. The molecule has 0 fully saturated rings. The summed E-state index contributed by atoms with van der Waals surface area (Å²) in [6.45, 7) is 5.87. The number of aromatic nitrogens is 2. The SMILES string of the molecule is COC(=O)[C@@H](Cc1ccccc1)Nc1c(C)nc2c(NC(=O)[C@H](CC(C)C)NC(=O)OCc3ccccc3)cccn12. The Labute approximate surface area is 245 Å². The Morgan fingerprint density at radius 3 is 2.21 bits per heavy atom. The minimum atomic E-state index is -0.822. The molecule has 0 unspecified atom stereocenters. The van der Waals surface area contributed by atoms with Crippen molar-refractivity contribution in [3.8, 4) is 0 Å². The molecule has 2 aromatic heterocycles. The van der Waals surface area contributed by atoms with Gasteiger partial charge in [0, 0.05) is 12.6 Å². The van der Waals surface area contributed by atoms with Crippen molar-refractivity contribution in [1.29, 1.82) is 0 Å². The van der Waals surface area contributed by atoms with Crippen LogP contribution >= 0.6 is 0 Å². The number of ether oxygens (including phenoxy) is 2. The summed E-state index contributed by atoms with van der Waals surface area (Å²) in [6, 6.07) is 21.0. The summed E-state index contributed by atoms with van der Waals surface area (Å²) in [7, 11) is 1.36. The lowest BCUT2D eigenvalue weighted by Crippen LogP contribution is -2.44. The molecule has 0 bridgehead atoms. The second-order valence-corrected chi connectivity index (χ2v) is 10.4. The van der Waals surface area contributed by atoms with Gasteiger partial charge in [-0.2, -0.15) is 0 Å². The van der Waals surface area contributed by atoms with Crippen LogP contribution in [0.3, 0.4) is 0 Å². The molecule has 220 valence electrons. The molecule has 0 spiro atoms. The molecular weight excluding hydrogens is 534 g/mol. The maximum atomic E-state index is 13.4. The van der Waals surface area contributed by atoms with Gasteiger partial charge in [-0.1, -0.05) is 74.5 Å². The van der Waals surface area contributed by atoms with Crippen LogP contribution in [0, 0.1) is 12.8 Å². The van der Waals surface area contributed by atoms with Gasteiger partial charge in [-0.05, 0) is 42.5 Å². The zero-order chi connectivity index (χ0) is 30.1. The number of hydrogen-bond acceptors (Lipinski definition) is 7. The van der Waals surface area contributed by atoms with Crippen molar-refractivity contribution in [2.24, 2.45) is 5.92 Å². The van der Waals surface area contributed by atoms with Gasteiger partial charge in [0.25, 0.3) is 0 Å². The van der Waals surface area contributed by atoms with E-state index in [0.29, 0.717) is 35.7 Å². The molecule has 0 saturated heterocycles. The van der Waals surface area contributed by atoms with Crippen LogP contribution in [-0.4, -0.2) is 46.5 Å². The fourth-order valence-electron chi connectivity index (χ4n) is 4.63. The number of benzene rings is 2. The fraction of sp³-hybridized carbons (Fsp3) is 0.312. The van der Waals surface area contributed by atoms with Crippen LogP contribution in [0.1, 0.15) is 37.1 Å². The number of aryl methyl sites for hydroxylation is 1. The van der Waals surface area contributed by atoms with E-state index in [2.05, 4.69) is 20.9 Å². The Balaban J connectivity index is 1.51. The molecule has 2 aromatic carbocycles. The fourth-order valence-corrected chi connectivity index (χ4v) is 4.63. The van der Waals surface area contributed by atoms with E-state index in [1.54, 1.807) is 22.7 Å². The number of amides is 2. The topological polar surface area (TPSA) is 123 Å². The molecule has 10 nitrogen and oxygen atoms in total. The predicted octanol–water partition coefficient (Wildman–Crippen LogP) is 5.12. The molecule has 0 aliphatic rings. The van der Waals surface area contributed by atoms with E-state index in [1.807, 2.05) is 81.4 Å². The van der Waals surface area contributed by atoms with Crippen molar-refractivity contribution < 1.29 is 23.9 Å². The molecule has 0 aliphatic carbocycles. The molecule has 0 radical (unpaired) electrons. The second kappa shape index (κ2) is 14.2. The van der Waals surface area contributed by atoms with Gasteiger partial charge in [0.05, 0.1) is 18.5 Å². The number of esters is 1. The zero-order valence-corrected chi connectivity index (χ0v) is 24.3. The van der Waals surface area contributed by atoms with Gasteiger partial charge in [0.15, 0.2) is 5.65 Å². The number of fused-ring (bicyclic) bond motifs is 1. The van der Waals surface area contributed by atoms with Crippen LogP contribution in [-0.2, 0) is 32.1 Å². The van der Waals surface area contributed by atoms with Gasteiger partial charge < -0.3 is 25.4 Å². The standard InChI is InChI=1S/C32H37N5O5/c1-21(2)18-26(36-32(40)42-20-24-14-9-6-10-15-24)30(38)35-25-16-11-17-37-28(22(3)33-29(25)37)34-27(31(39)41-4)19-23-12-7-5-8-13-23/h5-17,21,26-27,34H,18-20H2,1-4H3,(H,35,38)(H,36,40)/t26-,27+/m0/s1. The van der Waals surface area contributed by atoms with Crippen LogP contribution < -0.4 is 16.0 Å². The van der Waals surface area contributed by atoms with Crippen LogP contribution in [0.2, 0.25) is 0 Å². The number of carbonyl (C=O) groups excluding carboxylic acids is 3. The largest absolute Gasteiger partial charge is 0.467 e. The normalized spacial score (nSPS) is 12.4. The highest BCUT2D eigenvalue weighted by atomic mass is 16.5. The Hall–Kier alpha value is -4.86. The second-order valence-electron chi connectivity index (χ2n) is 10.4. The lowest BCUT2D eigenvalue weighted by atomic mass is 10.0. The molecule has 4 rings (SSSR count). The van der Waals surface area contributed by atoms with Crippen molar-refractivity contribution in [1.82, 2.24) is 14.7 Å². The minimum absolute atomic E-state index is 0.0992. The van der Waals surface area contributed by atoms with Crippen molar-refractivity contribution in [2.75, 3.05) is 17.7 Å². The lowest BCUT2D eigenvalue weighted by Gasteiger charge is -2.20. The first kappa shape index (κ1) is 30.1. The van der Waals surface area contributed by atoms with Crippen molar-refractivity contribution in [3.05, 3.63) is 95.8 Å². The molecule has 4 aromatic rings. The minimum Gasteiger partial charge on any atom is -0.467 e. The predicted molar refractivity (Wildman–Crippen MR) is 161 cm³/mol. The molecular formula is C32H37N5O5. The summed E-state index contributed by atoms with van der Waals surface area (Å²) in [5, 5.41) is 8.92. The monoisotopic (exact) mass is 571 g/mol. The molecule has 10 heteroatoms. The number of alkyl carbamates (subject to hydrolysis) is 1. The summed E-state index contributed by atoms with van der Waals surface area (Å²) in [4.78, 5) is 43.3. The van der Waals surface area contributed by atoms with Crippen molar-refractivity contribution in [2.45, 2.75) is 52.3 Å². The van der Waals surface area contributed by atoms with Gasteiger partial charge in [-0.15, -0.1) is 0 Å². The third-order valence-corrected chi connectivity index (χ3v) is 6.69. The van der Waals surface area contributed by atoms with E-state index in [1.165, 1.54) is 7.11 Å². The molecule has 0 saturated carbocycles. The van der Waals surface area contributed by atoms with Gasteiger partial charge >= 0.3 is 12.1 Å². The van der Waals surface area contributed by atoms with E-state index >= 15 is 0 Å². The Bertz CT molecular complexity index is 1500. The van der Waals surface area contributed by atoms with Crippen LogP contribution in [0.15, 0.2) is 79.0 Å². The van der Waals surface area contributed by atoms with Gasteiger partial charge in [-0.25, -0.2) is 14.6 Å². The summed E-state index contributed by atoms with van der Waals surface area (Å²) < 4.78 is 12.2. The Morgan fingerprint density at radius 2 is 1.57 bits per heavy atom. The number of carbonyl (C=O) groups is 3. The number of rotatable bonds is 12. The molecule has 2 amide bonds. The summed E-state index contributed by atoms with van der Waals surface area (Å²) in [5.41, 5.74) is 3.42. The molecule has 42 heavy (non-hydrogen) atoms. The molecule has 2 atom stereocenters. The van der Waals surface area contributed by atoms with Crippen LogP contribution in [0.4, 0.5) is 16.3 Å². The first-order valence-electron chi connectivity index (χ1n) is 13.9. The quantitative estimate of drug-likeness (QED) is 0.202. The average Bonchev–Trinajstić information content (AvgIpc) is 3.31. The van der Waals surface area contributed by atoms with E-state index in [9.17, 15) is 14.4 Å². The zero-order valence-electron chi connectivity index (χ0n) is 24.3. The van der Waals surface area contributed by atoms with Gasteiger partial charge in [-0.3, -0.25) is 9.20 Å². The number of methoxy groups -OCH3 is 1. The Morgan fingerprint density at radius 1 is 0.905 bits per heavy atom. The maximum Gasteiger partial charge on any atom is 0.408 e.